The van der Waals surface area contributed by atoms with Crippen LogP contribution in [0.25, 0.3) is 0 Å². The van der Waals surface area contributed by atoms with Gasteiger partial charge in [0.2, 0.25) is 5.91 Å². The van der Waals surface area contributed by atoms with Crippen LogP contribution in [0.15, 0.2) is 22.7 Å². The fourth-order valence-electron chi connectivity index (χ4n) is 1.53. The molecule has 0 saturated carbocycles. The van der Waals surface area contributed by atoms with Gasteiger partial charge in [-0.1, -0.05) is 29.8 Å². The Morgan fingerprint density at radius 3 is 2.33 bits per heavy atom. The van der Waals surface area contributed by atoms with E-state index >= 15 is 0 Å². The van der Waals surface area contributed by atoms with Gasteiger partial charge in [-0.2, -0.15) is 0 Å². The van der Waals surface area contributed by atoms with Crippen molar-refractivity contribution in [2.45, 2.75) is 19.9 Å². The number of halogens is 1. The highest BCUT2D eigenvalue weighted by Gasteiger charge is 2.22. The molecule has 1 rings (SSSR count). The molecule has 0 saturated heterocycles. The number of nitrogen functional groups attached to an aromatic ring is 1. The van der Waals surface area contributed by atoms with Crippen LogP contribution in [0, 0.1) is 5.92 Å². The number of hydrogen-bond donors (Lipinski definition) is 3. The predicted molar refractivity (Wildman–Crippen MR) is 73.8 cm³/mol. The molecule has 0 spiro atoms. The summed E-state index contributed by atoms with van der Waals surface area (Å²) in [6.07, 6.45) is 0. The summed E-state index contributed by atoms with van der Waals surface area (Å²) in [6.45, 7) is 3.62. The van der Waals surface area contributed by atoms with E-state index in [9.17, 15) is 9.59 Å². The van der Waals surface area contributed by atoms with E-state index in [1.807, 2.05) is 13.8 Å². The highest BCUT2D eigenvalue weighted by atomic mass is 79.9. The maximum absolute atomic E-state index is 12.0. The molecule has 1 aromatic carbocycles. The first-order valence-electron chi connectivity index (χ1n) is 5.47. The predicted octanol–water partition coefficient (Wildman–Crippen LogP) is 1.27. The number of carbonyl (C=O) groups is 2. The number of anilines is 1. The van der Waals surface area contributed by atoms with Gasteiger partial charge in [0.1, 0.15) is 6.04 Å². The van der Waals surface area contributed by atoms with E-state index in [2.05, 4.69) is 21.2 Å². The van der Waals surface area contributed by atoms with Gasteiger partial charge in [0, 0.05) is 15.7 Å². The summed E-state index contributed by atoms with van der Waals surface area (Å²) in [5, 5.41) is 2.60. The van der Waals surface area contributed by atoms with E-state index in [1.165, 1.54) is 0 Å². The van der Waals surface area contributed by atoms with Gasteiger partial charge < -0.3 is 16.8 Å². The average Bonchev–Trinajstić information content (AvgIpc) is 2.23. The quantitative estimate of drug-likeness (QED) is 0.730. The third kappa shape index (κ3) is 3.73. The van der Waals surface area contributed by atoms with Crippen LogP contribution in [-0.4, -0.2) is 17.9 Å². The second-order valence-electron chi connectivity index (χ2n) is 4.37. The highest BCUT2D eigenvalue weighted by molar-refractivity contribution is 9.10. The van der Waals surface area contributed by atoms with Crippen molar-refractivity contribution in [3.8, 4) is 0 Å². The number of nitrogens with two attached hydrogens (primary N) is 2. The summed E-state index contributed by atoms with van der Waals surface area (Å²) >= 11 is 3.25. The monoisotopic (exact) mass is 313 g/mol. The molecule has 0 bridgehead atoms. The minimum Gasteiger partial charge on any atom is -0.399 e. The van der Waals surface area contributed by atoms with Gasteiger partial charge in [0.25, 0.3) is 5.91 Å². The van der Waals surface area contributed by atoms with E-state index in [-0.39, 0.29) is 11.8 Å². The fourth-order valence-corrected chi connectivity index (χ4v) is 2.05. The molecule has 6 heteroatoms. The Morgan fingerprint density at radius 2 is 1.89 bits per heavy atom. The maximum Gasteiger partial charge on any atom is 0.252 e. The lowest BCUT2D eigenvalue weighted by atomic mass is 10.0. The number of amides is 2. The van der Waals surface area contributed by atoms with Crippen molar-refractivity contribution < 1.29 is 9.59 Å². The van der Waals surface area contributed by atoms with Crippen molar-refractivity contribution in [1.82, 2.24) is 5.32 Å². The Bertz CT molecular complexity index is 454. The van der Waals surface area contributed by atoms with Crippen LogP contribution in [-0.2, 0) is 4.79 Å². The molecular weight excluding hydrogens is 298 g/mol. The van der Waals surface area contributed by atoms with E-state index in [1.54, 1.807) is 18.2 Å². The Morgan fingerprint density at radius 1 is 1.28 bits per heavy atom. The summed E-state index contributed by atoms with van der Waals surface area (Å²) < 4.78 is 0.702. The zero-order chi connectivity index (χ0) is 13.9. The summed E-state index contributed by atoms with van der Waals surface area (Å²) in [7, 11) is 0. The van der Waals surface area contributed by atoms with E-state index in [0.717, 1.165) is 0 Å². The normalized spacial score (nSPS) is 12.2. The number of carbonyl (C=O) groups excluding carboxylic acids is 2. The zero-order valence-electron chi connectivity index (χ0n) is 10.2. The largest absolute Gasteiger partial charge is 0.399 e. The van der Waals surface area contributed by atoms with Crippen molar-refractivity contribution in [3.63, 3.8) is 0 Å². The number of benzene rings is 1. The first kappa shape index (κ1) is 14.5. The molecule has 1 atom stereocenters. The Labute approximate surface area is 114 Å². The molecule has 0 aromatic heterocycles. The number of rotatable bonds is 4. The van der Waals surface area contributed by atoms with Crippen molar-refractivity contribution in [3.05, 3.63) is 28.2 Å². The molecule has 0 radical (unpaired) electrons. The van der Waals surface area contributed by atoms with E-state index in [0.29, 0.717) is 15.7 Å². The minimum atomic E-state index is -0.697. The first-order valence-corrected chi connectivity index (χ1v) is 6.27. The molecule has 2 amide bonds. The van der Waals surface area contributed by atoms with Gasteiger partial charge >= 0.3 is 0 Å². The van der Waals surface area contributed by atoms with Crippen LogP contribution in [0.1, 0.15) is 24.2 Å². The van der Waals surface area contributed by atoms with Crippen LogP contribution in [0.5, 0.6) is 0 Å². The Kier molecular flexibility index (Phi) is 4.72. The first-order chi connectivity index (χ1) is 8.31. The standard InChI is InChI=1S/C12H16BrN3O2/c1-6(2)10(11(15)17)16-12(18)7-3-8(13)5-9(14)4-7/h3-6,10H,14H2,1-2H3,(H2,15,17)(H,16,18). The van der Waals surface area contributed by atoms with Crippen molar-refractivity contribution in [2.75, 3.05) is 5.73 Å². The van der Waals surface area contributed by atoms with Crippen molar-refractivity contribution in [1.29, 1.82) is 0 Å². The van der Waals surface area contributed by atoms with Crippen LogP contribution in [0.3, 0.4) is 0 Å². The molecule has 18 heavy (non-hydrogen) atoms. The maximum atomic E-state index is 12.0. The van der Waals surface area contributed by atoms with Gasteiger partial charge in [-0.25, -0.2) is 0 Å². The summed E-state index contributed by atoms with van der Waals surface area (Å²) in [5.74, 6) is -1.00. The smallest absolute Gasteiger partial charge is 0.252 e. The minimum absolute atomic E-state index is 0.0732. The Hall–Kier alpha value is -1.56. The lowest BCUT2D eigenvalue weighted by molar-refractivity contribution is -0.120. The molecule has 5 nitrogen and oxygen atoms in total. The Balaban J connectivity index is 2.90. The van der Waals surface area contributed by atoms with E-state index in [4.69, 9.17) is 11.5 Å². The summed E-state index contributed by atoms with van der Waals surface area (Å²) in [5.41, 5.74) is 11.7. The van der Waals surface area contributed by atoms with Crippen LogP contribution in [0.2, 0.25) is 0 Å². The lowest BCUT2D eigenvalue weighted by Crippen LogP contribution is -2.47. The second-order valence-corrected chi connectivity index (χ2v) is 5.29. The average molecular weight is 314 g/mol. The number of nitrogens with one attached hydrogen (secondary N) is 1. The molecular formula is C12H16BrN3O2. The highest BCUT2D eigenvalue weighted by Crippen LogP contribution is 2.17. The van der Waals surface area contributed by atoms with Crippen molar-refractivity contribution >= 4 is 33.4 Å². The van der Waals surface area contributed by atoms with Crippen LogP contribution < -0.4 is 16.8 Å². The lowest BCUT2D eigenvalue weighted by Gasteiger charge is -2.19. The molecule has 98 valence electrons. The summed E-state index contributed by atoms with van der Waals surface area (Å²) in [6, 6.07) is 4.16. The molecule has 5 N–H and O–H groups in total. The molecule has 0 aliphatic heterocycles. The third-order valence-electron chi connectivity index (χ3n) is 2.44. The third-order valence-corrected chi connectivity index (χ3v) is 2.90. The molecule has 1 unspecified atom stereocenters. The SMILES string of the molecule is CC(C)C(NC(=O)c1cc(N)cc(Br)c1)C(N)=O. The topological polar surface area (TPSA) is 98.2 Å². The van der Waals surface area contributed by atoms with Gasteiger partial charge in [0.15, 0.2) is 0 Å². The van der Waals surface area contributed by atoms with Gasteiger partial charge in [0.05, 0.1) is 0 Å². The van der Waals surface area contributed by atoms with Crippen LogP contribution in [0.4, 0.5) is 5.69 Å². The fraction of sp³-hybridized carbons (Fsp3) is 0.333. The van der Waals surface area contributed by atoms with Crippen molar-refractivity contribution in [2.24, 2.45) is 11.7 Å². The van der Waals surface area contributed by atoms with E-state index < -0.39 is 11.9 Å². The number of hydrogen-bond acceptors (Lipinski definition) is 3. The molecule has 0 aliphatic carbocycles. The molecule has 0 fully saturated rings. The van der Waals surface area contributed by atoms with Gasteiger partial charge in [-0.05, 0) is 24.1 Å². The molecule has 0 aliphatic rings. The number of primary amides is 1. The second kappa shape index (κ2) is 5.86. The van der Waals surface area contributed by atoms with Gasteiger partial charge in [-0.3, -0.25) is 9.59 Å². The molecule has 0 heterocycles. The van der Waals surface area contributed by atoms with Gasteiger partial charge in [-0.15, -0.1) is 0 Å². The van der Waals surface area contributed by atoms with Crippen LogP contribution >= 0.6 is 15.9 Å². The zero-order valence-corrected chi connectivity index (χ0v) is 11.8. The molecule has 1 aromatic rings. The summed E-state index contributed by atoms with van der Waals surface area (Å²) in [4.78, 5) is 23.2.